The molecular formula is C15H21N3OS. The molecule has 2 rings (SSSR count). The van der Waals surface area contributed by atoms with Gasteiger partial charge in [-0.2, -0.15) is 0 Å². The Balaban J connectivity index is 2.04. The van der Waals surface area contributed by atoms with Crippen LogP contribution in [0.2, 0.25) is 0 Å². The number of aromatic nitrogens is 2. The van der Waals surface area contributed by atoms with Crippen LogP contribution in [0.3, 0.4) is 0 Å². The lowest BCUT2D eigenvalue weighted by Gasteiger charge is -2.11. The lowest BCUT2D eigenvalue weighted by molar-refractivity contribution is 0.199. The second-order valence-corrected chi connectivity index (χ2v) is 5.75. The molecule has 108 valence electrons. The van der Waals surface area contributed by atoms with Crippen molar-refractivity contribution in [3.05, 3.63) is 45.2 Å². The molecule has 0 unspecified atom stereocenters. The fourth-order valence-corrected chi connectivity index (χ4v) is 2.80. The Morgan fingerprint density at radius 1 is 1.25 bits per heavy atom. The summed E-state index contributed by atoms with van der Waals surface area (Å²) in [7, 11) is 1.71. The van der Waals surface area contributed by atoms with E-state index in [9.17, 15) is 0 Å². The van der Waals surface area contributed by atoms with Gasteiger partial charge in [-0.05, 0) is 25.3 Å². The first kappa shape index (κ1) is 15.1. The Morgan fingerprint density at radius 2 is 2.00 bits per heavy atom. The minimum Gasteiger partial charge on any atom is -0.383 e. The molecule has 0 aliphatic carbocycles. The van der Waals surface area contributed by atoms with Crippen LogP contribution in [0.4, 0.5) is 0 Å². The maximum Gasteiger partial charge on any atom is 0.134 e. The van der Waals surface area contributed by atoms with Crippen LogP contribution in [0.15, 0.2) is 17.5 Å². The second-order valence-electron chi connectivity index (χ2n) is 4.71. The molecule has 0 aliphatic heterocycles. The number of thiophene rings is 1. The first-order valence-corrected chi connectivity index (χ1v) is 7.63. The Morgan fingerprint density at radius 3 is 2.60 bits per heavy atom. The minimum atomic E-state index is 0.718. The molecule has 2 aromatic heterocycles. The van der Waals surface area contributed by atoms with Gasteiger partial charge in [-0.25, -0.2) is 9.97 Å². The lowest BCUT2D eigenvalue weighted by Crippen LogP contribution is -2.20. The average Bonchev–Trinajstić information content (AvgIpc) is 2.90. The van der Waals surface area contributed by atoms with Crippen LogP contribution in [0.25, 0.3) is 0 Å². The standard InChI is InChI=1S/C15H21N3OS/c1-11-14(10-16-6-7-19-3)12(2)18-15(17-11)9-13-5-4-8-20-13/h4-5,8,16H,6-7,9-10H2,1-3H3. The van der Waals surface area contributed by atoms with E-state index in [4.69, 9.17) is 4.74 Å². The van der Waals surface area contributed by atoms with Gasteiger partial charge in [-0.15, -0.1) is 11.3 Å². The van der Waals surface area contributed by atoms with Crippen molar-refractivity contribution in [2.75, 3.05) is 20.3 Å². The minimum absolute atomic E-state index is 0.718. The summed E-state index contributed by atoms with van der Waals surface area (Å²) in [5.41, 5.74) is 3.32. The third-order valence-electron chi connectivity index (χ3n) is 3.16. The van der Waals surface area contributed by atoms with Crippen molar-refractivity contribution in [1.82, 2.24) is 15.3 Å². The van der Waals surface area contributed by atoms with E-state index in [1.165, 1.54) is 10.4 Å². The maximum atomic E-state index is 5.03. The summed E-state index contributed by atoms with van der Waals surface area (Å²) >= 11 is 1.75. The van der Waals surface area contributed by atoms with E-state index in [2.05, 4.69) is 46.6 Å². The summed E-state index contributed by atoms with van der Waals surface area (Å²) in [4.78, 5) is 10.6. The van der Waals surface area contributed by atoms with Gasteiger partial charge in [-0.3, -0.25) is 0 Å². The van der Waals surface area contributed by atoms with E-state index >= 15 is 0 Å². The molecule has 0 saturated heterocycles. The Hall–Kier alpha value is -1.30. The molecule has 0 saturated carbocycles. The number of ether oxygens (including phenoxy) is 1. The monoisotopic (exact) mass is 291 g/mol. The maximum absolute atomic E-state index is 5.03. The molecule has 0 bridgehead atoms. The van der Waals surface area contributed by atoms with Crippen molar-refractivity contribution in [3.8, 4) is 0 Å². The third kappa shape index (κ3) is 4.10. The molecule has 0 amide bonds. The Labute approximate surface area is 124 Å². The summed E-state index contributed by atoms with van der Waals surface area (Å²) in [6.45, 7) is 6.46. The van der Waals surface area contributed by atoms with E-state index in [0.717, 1.165) is 43.3 Å². The first-order chi connectivity index (χ1) is 9.70. The third-order valence-corrected chi connectivity index (χ3v) is 4.04. The van der Waals surface area contributed by atoms with Crippen LogP contribution < -0.4 is 5.32 Å². The Bertz CT molecular complexity index is 517. The van der Waals surface area contributed by atoms with Crippen molar-refractivity contribution >= 4 is 11.3 Å². The highest BCUT2D eigenvalue weighted by atomic mass is 32.1. The molecule has 2 heterocycles. The zero-order valence-corrected chi connectivity index (χ0v) is 13.1. The van der Waals surface area contributed by atoms with E-state index in [1.54, 1.807) is 18.4 Å². The predicted molar refractivity (Wildman–Crippen MR) is 82.2 cm³/mol. The first-order valence-electron chi connectivity index (χ1n) is 6.75. The summed E-state index contributed by atoms with van der Waals surface area (Å²) in [6, 6.07) is 4.19. The van der Waals surface area contributed by atoms with Gasteiger partial charge < -0.3 is 10.1 Å². The van der Waals surface area contributed by atoms with Gasteiger partial charge in [0.15, 0.2) is 0 Å². The summed E-state index contributed by atoms with van der Waals surface area (Å²) in [5.74, 6) is 0.906. The summed E-state index contributed by atoms with van der Waals surface area (Å²) < 4.78 is 5.03. The zero-order valence-electron chi connectivity index (χ0n) is 12.3. The topological polar surface area (TPSA) is 47.0 Å². The molecule has 20 heavy (non-hydrogen) atoms. The fourth-order valence-electron chi connectivity index (χ4n) is 2.10. The smallest absolute Gasteiger partial charge is 0.134 e. The van der Waals surface area contributed by atoms with Crippen molar-refractivity contribution < 1.29 is 4.74 Å². The van der Waals surface area contributed by atoms with E-state index in [1.807, 2.05) is 0 Å². The van der Waals surface area contributed by atoms with Gasteiger partial charge in [0.25, 0.3) is 0 Å². The number of hydrogen-bond acceptors (Lipinski definition) is 5. The second kappa shape index (κ2) is 7.47. The molecule has 0 radical (unpaired) electrons. The number of methoxy groups -OCH3 is 1. The highest BCUT2D eigenvalue weighted by Gasteiger charge is 2.09. The summed E-state index contributed by atoms with van der Waals surface area (Å²) in [5, 5.41) is 5.43. The van der Waals surface area contributed by atoms with Crippen LogP contribution in [-0.4, -0.2) is 30.2 Å². The quantitative estimate of drug-likeness (QED) is 0.796. The van der Waals surface area contributed by atoms with Crippen LogP contribution in [0, 0.1) is 13.8 Å². The molecule has 0 aromatic carbocycles. The largest absolute Gasteiger partial charge is 0.383 e. The molecule has 0 fully saturated rings. The normalized spacial score (nSPS) is 10.9. The van der Waals surface area contributed by atoms with Gasteiger partial charge in [-0.1, -0.05) is 6.07 Å². The van der Waals surface area contributed by atoms with Crippen molar-refractivity contribution in [3.63, 3.8) is 0 Å². The molecule has 4 nitrogen and oxygen atoms in total. The Kier molecular flexibility index (Phi) is 5.64. The van der Waals surface area contributed by atoms with Gasteiger partial charge >= 0.3 is 0 Å². The highest BCUT2D eigenvalue weighted by molar-refractivity contribution is 7.09. The molecule has 5 heteroatoms. The van der Waals surface area contributed by atoms with Gasteiger partial charge in [0, 0.05) is 48.4 Å². The zero-order chi connectivity index (χ0) is 14.4. The van der Waals surface area contributed by atoms with Crippen molar-refractivity contribution in [2.45, 2.75) is 26.8 Å². The number of hydrogen-bond donors (Lipinski definition) is 1. The number of rotatable bonds is 7. The molecule has 0 atom stereocenters. The average molecular weight is 291 g/mol. The summed E-state index contributed by atoms with van der Waals surface area (Å²) in [6.07, 6.45) is 0.816. The van der Waals surface area contributed by atoms with Crippen molar-refractivity contribution in [1.29, 1.82) is 0 Å². The van der Waals surface area contributed by atoms with Crippen LogP contribution in [0.1, 0.15) is 27.7 Å². The fraction of sp³-hybridized carbons (Fsp3) is 0.467. The van der Waals surface area contributed by atoms with Gasteiger partial charge in [0.2, 0.25) is 0 Å². The van der Waals surface area contributed by atoms with Crippen LogP contribution in [0.5, 0.6) is 0 Å². The highest BCUT2D eigenvalue weighted by Crippen LogP contribution is 2.15. The van der Waals surface area contributed by atoms with Crippen molar-refractivity contribution in [2.24, 2.45) is 0 Å². The molecular weight excluding hydrogens is 270 g/mol. The van der Waals surface area contributed by atoms with E-state index in [-0.39, 0.29) is 0 Å². The number of aryl methyl sites for hydroxylation is 2. The lowest BCUT2D eigenvalue weighted by atomic mass is 10.1. The molecule has 2 aromatic rings. The van der Waals surface area contributed by atoms with E-state index in [0.29, 0.717) is 0 Å². The molecule has 0 spiro atoms. The molecule has 1 N–H and O–H groups in total. The number of nitrogens with zero attached hydrogens (tertiary/aromatic N) is 2. The van der Waals surface area contributed by atoms with Crippen LogP contribution in [-0.2, 0) is 17.7 Å². The SMILES string of the molecule is COCCNCc1c(C)nc(Cc2cccs2)nc1C. The number of nitrogens with one attached hydrogen (secondary N) is 1. The van der Waals surface area contributed by atoms with Gasteiger partial charge in [0.1, 0.15) is 5.82 Å². The van der Waals surface area contributed by atoms with Gasteiger partial charge in [0.05, 0.1) is 6.61 Å². The predicted octanol–water partition coefficient (Wildman–Crippen LogP) is 2.48. The molecule has 0 aliphatic rings. The van der Waals surface area contributed by atoms with Crippen LogP contribution >= 0.6 is 11.3 Å². The van der Waals surface area contributed by atoms with E-state index < -0.39 is 0 Å².